The molecule has 0 heterocycles. The van der Waals surface area contributed by atoms with E-state index in [9.17, 15) is 9.32 Å². The zero-order valence-electron chi connectivity index (χ0n) is 10.2. The van der Waals surface area contributed by atoms with E-state index in [1.54, 1.807) is 18.2 Å². The highest BCUT2D eigenvalue weighted by atomic mass is 35.5. The van der Waals surface area contributed by atoms with Crippen LogP contribution in [-0.2, 0) is 10.8 Å². The van der Waals surface area contributed by atoms with Crippen LogP contribution in [0.5, 0.6) is 0 Å². The SMILES string of the molecule is CCCNCC(O)CS(=O)c1c(Cl)cccc1Cl. The van der Waals surface area contributed by atoms with Gasteiger partial charge in [-0.15, -0.1) is 0 Å². The molecule has 102 valence electrons. The minimum atomic E-state index is -1.40. The van der Waals surface area contributed by atoms with Gasteiger partial charge in [0.1, 0.15) is 0 Å². The van der Waals surface area contributed by atoms with Gasteiger partial charge in [-0.1, -0.05) is 36.2 Å². The highest BCUT2D eigenvalue weighted by Gasteiger charge is 2.16. The Bertz CT molecular complexity index is 395. The summed E-state index contributed by atoms with van der Waals surface area (Å²) in [6.45, 7) is 3.29. The summed E-state index contributed by atoms with van der Waals surface area (Å²) < 4.78 is 12.1. The van der Waals surface area contributed by atoms with E-state index < -0.39 is 16.9 Å². The molecule has 0 aliphatic carbocycles. The normalized spacial score (nSPS) is 14.4. The second kappa shape index (κ2) is 8.12. The molecule has 0 bridgehead atoms. The fraction of sp³-hybridized carbons (Fsp3) is 0.500. The minimum absolute atomic E-state index is 0.125. The molecule has 2 unspecified atom stereocenters. The quantitative estimate of drug-likeness (QED) is 0.761. The monoisotopic (exact) mass is 309 g/mol. The van der Waals surface area contributed by atoms with E-state index in [4.69, 9.17) is 23.2 Å². The lowest BCUT2D eigenvalue weighted by Crippen LogP contribution is -2.31. The Balaban J connectivity index is 2.60. The second-order valence-corrected chi connectivity index (χ2v) is 6.17. The van der Waals surface area contributed by atoms with Gasteiger partial charge in [0.05, 0.1) is 37.6 Å². The molecule has 0 aliphatic rings. The van der Waals surface area contributed by atoms with Gasteiger partial charge in [0.2, 0.25) is 0 Å². The number of aliphatic hydroxyl groups is 1. The maximum atomic E-state index is 12.1. The van der Waals surface area contributed by atoms with Gasteiger partial charge in [-0.2, -0.15) is 0 Å². The summed E-state index contributed by atoms with van der Waals surface area (Å²) in [5, 5.41) is 13.6. The molecule has 1 aromatic carbocycles. The van der Waals surface area contributed by atoms with E-state index in [0.717, 1.165) is 13.0 Å². The highest BCUT2D eigenvalue weighted by Crippen LogP contribution is 2.27. The third kappa shape index (κ3) is 4.86. The summed E-state index contributed by atoms with van der Waals surface area (Å²) >= 11 is 11.9. The molecule has 0 saturated carbocycles. The molecule has 0 aromatic heterocycles. The van der Waals surface area contributed by atoms with Gasteiger partial charge >= 0.3 is 0 Å². The maximum Gasteiger partial charge on any atom is 0.0783 e. The zero-order valence-corrected chi connectivity index (χ0v) is 12.5. The van der Waals surface area contributed by atoms with Crippen LogP contribution in [0, 0.1) is 0 Å². The molecule has 2 atom stereocenters. The summed E-state index contributed by atoms with van der Waals surface area (Å²) in [6.07, 6.45) is 0.316. The molecule has 2 N–H and O–H groups in total. The standard InChI is InChI=1S/C12H17Cl2NO2S/c1-2-6-15-7-9(16)8-18(17)12-10(13)4-3-5-11(12)14/h3-5,9,15-16H,2,6-8H2,1H3. The molecule has 0 spiro atoms. The van der Waals surface area contributed by atoms with Gasteiger partial charge in [-0.05, 0) is 25.1 Å². The van der Waals surface area contributed by atoms with Gasteiger partial charge in [0.15, 0.2) is 0 Å². The number of nitrogens with one attached hydrogen (secondary N) is 1. The summed E-state index contributed by atoms with van der Waals surface area (Å²) in [4.78, 5) is 0.398. The molecule has 18 heavy (non-hydrogen) atoms. The number of benzene rings is 1. The first-order chi connectivity index (χ1) is 8.56. The third-order valence-corrected chi connectivity index (χ3v) is 4.73. The lowest BCUT2D eigenvalue weighted by Gasteiger charge is -2.12. The Morgan fingerprint density at radius 3 is 2.56 bits per heavy atom. The van der Waals surface area contributed by atoms with Crippen LogP contribution in [0.25, 0.3) is 0 Å². The first kappa shape index (κ1) is 15.9. The fourth-order valence-electron chi connectivity index (χ4n) is 1.46. The van der Waals surface area contributed by atoms with Crippen molar-refractivity contribution in [2.75, 3.05) is 18.8 Å². The van der Waals surface area contributed by atoms with Gasteiger partial charge in [-0.3, -0.25) is 4.21 Å². The van der Waals surface area contributed by atoms with Crippen LogP contribution in [-0.4, -0.2) is 34.3 Å². The average molecular weight is 310 g/mol. The predicted molar refractivity (Wildman–Crippen MR) is 76.9 cm³/mol. The highest BCUT2D eigenvalue weighted by molar-refractivity contribution is 7.85. The number of halogens is 2. The summed E-state index contributed by atoms with van der Waals surface area (Å²) in [7, 11) is -1.40. The van der Waals surface area contributed by atoms with Crippen molar-refractivity contribution in [1.82, 2.24) is 5.32 Å². The fourth-order valence-corrected chi connectivity index (χ4v) is 3.58. The van der Waals surface area contributed by atoms with Crippen molar-refractivity contribution in [1.29, 1.82) is 0 Å². The van der Waals surface area contributed by atoms with Crippen molar-refractivity contribution in [3.63, 3.8) is 0 Å². The van der Waals surface area contributed by atoms with E-state index in [-0.39, 0.29) is 5.75 Å². The zero-order chi connectivity index (χ0) is 13.5. The molecule has 0 fully saturated rings. The van der Waals surface area contributed by atoms with Crippen molar-refractivity contribution >= 4 is 34.0 Å². The van der Waals surface area contributed by atoms with Crippen LogP contribution < -0.4 is 5.32 Å². The number of hydrogen-bond acceptors (Lipinski definition) is 3. The Labute approximate surface area is 120 Å². The Hall–Kier alpha value is -0.130. The van der Waals surface area contributed by atoms with Gasteiger partial charge in [-0.25, -0.2) is 0 Å². The van der Waals surface area contributed by atoms with Gasteiger partial charge in [0, 0.05) is 6.54 Å². The van der Waals surface area contributed by atoms with Crippen LogP contribution in [0.2, 0.25) is 10.0 Å². The van der Waals surface area contributed by atoms with Gasteiger partial charge in [0.25, 0.3) is 0 Å². The average Bonchev–Trinajstić information content (AvgIpc) is 2.29. The Morgan fingerprint density at radius 2 is 2.00 bits per heavy atom. The van der Waals surface area contributed by atoms with Crippen molar-refractivity contribution in [3.05, 3.63) is 28.2 Å². The molecule has 0 amide bonds. The largest absolute Gasteiger partial charge is 0.391 e. The van der Waals surface area contributed by atoms with E-state index in [2.05, 4.69) is 5.32 Å². The molecule has 6 heteroatoms. The number of hydrogen-bond donors (Lipinski definition) is 2. The molecule has 1 rings (SSSR count). The molecule has 0 radical (unpaired) electrons. The summed E-state index contributed by atoms with van der Waals surface area (Å²) in [6, 6.07) is 4.98. The lowest BCUT2D eigenvalue weighted by molar-refractivity contribution is 0.195. The van der Waals surface area contributed by atoms with Crippen molar-refractivity contribution in [2.45, 2.75) is 24.3 Å². The lowest BCUT2D eigenvalue weighted by atomic mass is 10.4. The number of rotatable bonds is 7. The molecule has 0 aliphatic heterocycles. The summed E-state index contributed by atoms with van der Waals surface area (Å²) in [5.74, 6) is 0.125. The Morgan fingerprint density at radius 1 is 1.39 bits per heavy atom. The van der Waals surface area contributed by atoms with E-state index in [1.165, 1.54) is 0 Å². The molecular weight excluding hydrogens is 293 g/mol. The first-order valence-corrected chi connectivity index (χ1v) is 7.85. The smallest absolute Gasteiger partial charge is 0.0783 e. The Kier molecular flexibility index (Phi) is 7.19. The number of aliphatic hydroxyl groups excluding tert-OH is 1. The minimum Gasteiger partial charge on any atom is -0.391 e. The van der Waals surface area contributed by atoms with Crippen molar-refractivity contribution < 1.29 is 9.32 Å². The molecular formula is C12H17Cl2NO2S. The predicted octanol–water partition coefficient (Wildman–Crippen LogP) is 2.46. The van der Waals surface area contributed by atoms with E-state index >= 15 is 0 Å². The second-order valence-electron chi connectivity index (χ2n) is 3.92. The third-order valence-electron chi connectivity index (χ3n) is 2.30. The topological polar surface area (TPSA) is 49.3 Å². The first-order valence-electron chi connectivity index (χ1n) is 5.77. The van der Waals surface area contributed by atoms with Crippen LogP contribution in [0.4, 0.5) is 0 Å². The molecule has 1 aromatic rings. The van der Waals surface area contributed by atoms with Crippen LogP contribution in [0.1, 0.15) is 13.3 Å². The molecule has 3 nitrogen and oxygen atoms in total. The van der Waals surface area contributed by atoms with E-state index in [0.29, 0.717) is 21.5 Å². The van der Waals surface area contributed by atoms with Crippen molar-refractivity contribution in [2.24, 2.45) is 0 Å². The van der Waals surface area contributed by atoms with E-state index in [1.807, 2.05) is 6.92 Å². The summed E-state index contributed by atoms with van der Waals surface area (Å²) in [5.41, 5.74) is 0. The molecule has 0 saturated heterocycles. The maximum absolute atomic E-state index is 12.1. The van der Waals surface area contributed by atoms with Crippen LogP contribution in [0.15, 0.2) is 23.1 Å². The van der Waals surface area contributed by atoms with Gasteiger partial charge < -0.3 is 10.4 Å². The van der Waals surface area contributed by atoms with Crippen LogP contribution >= 0.6 is 23.2 Å². The van der Waals surface area contributed by atoms with Crippen molar-refractivity contribution in [3.8, 4) is 0 Å². The van der Waals surface area contributed by atoms with Crippen LogP contribution in [0.3, 0.4) is 0 Å².